The molecule has 3 heterocycles. The molecule has 4 rings (SSSR count). The lowest BCUT2D eigenvalue weighted by molar-refractivity contribution is -0.157. The predicted octanol–water partition coefficient (Wildman–Crippen LogP) is 3.20. The zero-order chi connectivity index (χ0) is 22.4. The summed E-state index contributed by atoms with van der Waals surface area (Å²) in [5.74, 6) is 4.39. The predicted molar refractivity (Wildman–Crippen MR) is 115 cm³/mol. The third kappa shape index (κ3) is 3.22. The molecule has 3 aromatic rings. The third-order valence-corrected chi connectivity index (χ3v) is 6.58. The molecule has 2 atom stereocenters. The molecular formula is C20H23ClFN7O2. The average molecular weight is 448 g/mol. The number of nitrogens with one attached hydrogen (secondary N) is 1. The number of hydrogen-bond donors (Lipinski definition) is 4. The Morgan fingerprint density at radius 2 is 2.10 bits per heavy atom. The lowest BCUT2D eigenvalue weighted by atomic mass is 9.64. The van der Waals surface area contributed by atoms with Gasteiger partial charge in [-0.1, -0.05) is 24.9 Å². The van der Waals surface area contributed by atoms with Crippen molar-refractivity contribution in [2.75, 3.05) is 5.01 Å². The van der Waals surface area contributed by atoms with E-state index in [4.69, 9.17) is 23.2 Å². The van der Waals surface area contributed by atoms with Crippen LogP contribution in [0.3, 0.4) is 0 Å². The van der Waals surface area contributed by atoms with Gasteiger partial charge in [0, 0.05) is 23.3 Å². The Morgan fingerprint density at radius 1 is 1.35 bits per heavy atom. The third-order valence-electron chi connectivity index (χ3n) is 6.38. The molecule has 1 aliphatic carbocycles. The molecule has 0 saturated heterocycles. The number of aromatic amines is 1. The maximum Gasteiger partial charge on any atom is 0.313 e. The van der Waals surface area contributed by atoms with Crippen molar-refractivity contribution >= 4 is 34.4 Å². The summed E-state index contributed by atoms with van der Waals surface area (Å²) in [4.78, 5) is 27.9. The average Bonchev–Trinajstić information content (AvgIpc) is 3.17. The van der Waals surface area contributed by atoms with Gasteiger partial charge in [-0.2, -0.15) is 0 Å². The van der Waals surface area contributed by atoms with Crippen molar-refractivity contribution in [1.29, 1.82) is 0 Å². The van der Waals surface area contributed by atoms with Gasteiger partial charge in [-0.05, 0) is 31.7 Å². The van der Waals surface area contributed by atoms with E-state index in [0.29, 0.717) is 40.9 Å². The van der Waals surface area contributed by atoms with Crippen LogP contribution in [-0.4, -0.2) is 36.7 Å². The summed E-state index contributed by atoms with van der Waals surface area (Å²) in [5, 5.41) is 12.1. The highest BCUT2D eigenvalue weighted by atomic mass is 35.5. The molecule has 9 nitrogen and oxygen atoms in total. The molecule has 31 heavy (non-hydrogen) atoms. The number of aliphatic carboxylic acids is 1. The van der Waals surface area contributed by atoms with E-state index in [0.717, 1.165) is 11.2 Å². The standard InChI is InChI=1S/C20H23ClFN7O2/c1-2-19(18(30)31)5-3-4-6-20(19,23)29(24)17-14(22)10-27-16(28-17)13-9-26-15-12(13)7-11(21)8-25-15/h7-10H,2-6,23-24H2,1H3,(H,25,26)(H,30,31)/t19-,20-/m0/s1. The quantitative estimate of drug-likeness (QED) is 0.265. The lowest BCUT2D eigenvalue weighted by Gasteiger charge is -2.52. The summed E-state index contributed by atoms with van der Waals surface area (Å²) < 4.78 is 14.8. The van der Waals surface area contributed by atoms with Crippen LogP contribution in [0.1, 0.15) is 39.0 Å². The highest BCUT2D eigenvalue weighted by molar-refractivity contribution is 6.31. The molecule has 0 aliphatic heterocycles. The zero-order valence-corrected chi connectivity index (χ0v) is 17.7. The van der Waals surface area contributed by atoms with E-state index in [2.05, 4.69) is 19.9 Å². The van der Waals surface area contributed by atoms with Crippen molar-refractivity contribution in [1.82, 2.24) is 19.9 Å². The van der Waals surface area contributed by atoms with Gasteiger partial charge < -0.3 is 15.8 Å². The van der Waals surface area contributed by atoms with E-state index in [1.165, 1.54) is 6.20 Å². The van der Waals surface area contributed by atoms with Crippen molar-refractivity contribution in [3.05, 3.63) is 35.5 Å². The van der Waals surface area contributed by atoms with Gasteiger partial charge in [0.1, 0.15) is 16.7 Å². The highest BCUT2D eigenvalue weighted by Crippen LogP contribution is 2.48. The van der Waals surface area contributed by atoms with Crippen molar-refractivity contribution in [2.45, 2.75) is 44.7 Å². The topological polar surface area (TPSA) is 147 Å². The molecule has 0 radical (unpaired) electrons. The molecule has 3 aromatic heterocycles. The Kier molecular flexibility index (Phi) is 5.32. The molecule has 1 fully saturated rings. The number of hydrogen-bond acceptors (Lipinski definition) is 7. The Bertz CT molecular complexity index is 1160. The summed E-state index contributed by atoms with van der Waals surface area (Å²) in [6, 6.07) is 1.69. The van der Waals surface area contributed by atoms with Crippen LogP contribution in [0.25, 0.3) is 22.4 Å². The first-order chi connectivity index (χ1) is 14.7. The van der Waals surface area contributed by atoms with Crippen LogP contribution in [-0.2, 0) is 4.79 Å². The molecule has 1 aliphatic rings. The monoisotopic (exact) mass is 447 g/mol. The second kappa shape index (κ2) is 7.70. The number of carbonyl (C=O) groups is 1. The van der Waals surface area contributed by atoms with E-state index in [-0.39, 0.29) is 24.5 Å². The number of carboxylic acids is 1. The molecule has 0 amide bonds. The first-order valence-electron chi connectivity index (χ1n) is 9.96. The van der Waals surface area contributed by atoms with Crippen molar-refractivity contribution in [3.63, 3.8) is 0 Å². The molecule has 0 spiro atoms. The van der Waals surface area contributed by atoms with Gasteiger partial charge >= 0.3 is 5.97 Å². The number of rotatable bonds is 5. The Morgan fingerprint density at radius 3 is 2.81 bits per heavy atom. The summed E-state index contributed by atoms with van der Waals surface area (Å²) in [7, 11) is 0. The Balaban J connectivity index is 1.83. The van der Waals surface area contributed by atoms with Crippen LogP contribution in [0.15, 0.2) is 24.7 Å². The number of pyridine rings is 1. The number of aromatic nitrogens is 4. The molecule has 11 heteroatoms. The first kappa shape index (κ1) is 21.4. The molecule has 0 aromatic carbocycles. The van der Waals surface area contributed by atoms with E-state index in [9.17, 15) is 14.3 Å². The fourth-order valence-electron chi connectivity index (χ4n) is 4.56. The number of hydrazine groups is 1. The summed E-state index contributed by atoms with van der Waals surface area (Å²) in [5.41, 5.74) is 4.89. The van der Waals surface area contributed by atoms with Crippen LogP contribution >= 0.6 is 11.6 Å². The minimum absolute atomic E-state index is 0.180. The van der Waals surface area contributed by atoms with E-state index in [1.54, 1.807) is 19.2 Å². The molecular weight excluding hydrogens is 425 g/mol. The highest BCUT2D eigenvalue weighted by Gasteiger charge is 2.58. The van der Waals surface area contributed by atoms with Crippen LogP contribution in [0, 0.1) is 11.2 Å². The number of H-pyrrole nitrogens is 1. The smallest absolute Gasteiger partial charge is 0.313 e. The van der Waals surface area contributed by atoms with Crippen molar-refractivity contribution in [2.24, 2.45) is 17.0 Å². The largest absolute Gasteiger partial charge is 0.481 e. The number of fused-ring (bicyclic) bond motifs is 1. The van der Waals surface area contributed by atoms with Crippen LogP contribution in [0.5, 0.6) is 0 Å². The van der Waals surface area contributed by atoms with Gasteiger partial charge in [-0.3, -0.25) is 9.80 Å². The van der Waals surface area contributed by atoms with E-state index < -0.39 is 22.9 Å². The lowest BCUT2D eigenvalue weighted by Crippen LogP contribution is -2.72. The minimum atomic E-state index is -1.52. The molecule has 0 unspecified atom stereocenters. The van der Waals surface area contributed by atoms with Crippen molar-refractivity contribution < 1.29 is 14.3 Å². The van der Waals surface area contributed by atoms with Crippen LogP contribution in [0.2, 0.25) is 5.02 Å². The normalized spacial score (nSPS) is 23.8. The maximum atomic E-state index is 14.8. The number of nitrogens with two attached hydrogens (primary N) is 2. The summed E-state index contributed by atoms with van der Waals surface area (Å²) in [6.07, 6.45) is 6.38. The number of carboxylic acid groups (broad SMARTS) is 1. The number of halogens is 2. The Labute approximate surface area is 182 Å². The fourth-order valence-corrected chi connectivity index (χ4v) is 4.72. The minimum Gasteiger partial charge on any atom is -0.481 e. The van der Waals surface area contributed by atoms with Crippen molar-refractivity contribution in [3.8, 4) is 11.4 Å². The number of anilines is 1. The van der Waals surface area contributed by atoms with Gasteiger partial charge in [0.15, 0.2) is 17.5 Å². The fraction of sp³-hybridized carbons (Fsp3) is 0.400. The first-order valence-corrected chi connectivity index (χ1v) is 10.3. The molecule has 6 N–H and O–H groups in total. The van der Waals surface area contributed by atoms with Gasteiger partial charge in [0.25, 0.3) is 0 Å². The van der Waals surface area contributed by atoms with Crippen LogP contribution in [0.4, 0.5) is 10.2 Å². The molecule has 164 valence electrons. The SMILES string of the molecule is CC[C@@]1(C(=O)O)CCCC[C@]1(N)N(N)c1nc(-c2c[nH]c3ncc(Cl)cc23)ncc1F. The number of nitrogens with zero attached hydrogens (tertiary/aromatic N) is 4. The van der Waals surface area contributed by atoms with E-state index >= 15 is 0 Å². The second-order valence-electron chi connectivity index (χ2n) is 7.86. The zero-order valence-electron chi connectivity index (χ0n) is 16.9. The Hall–Kier alpha value is -2.82. The van der Waals surface area contributed by atoms with Crippen LogP contribution < -0.4 is 16.6 Å². The summed E-state index contributed by atoms with van der Waals surface area (Å²) in [6.45, 7) is 1.75. The van der Waals surface area contributed by atoms with Gasteiger partial charge in [0.05, 0.1) is 11.2 Å². The second-order valence-corrected chi connectivity index (χ2v) is 8.30. The van der Waals surface area contributed by atoms with Gasteiger partial charge in [-0.25, -0.2) is 25.2 Å². The van der Waals surface area contributed by atoms with Gasteiger partial charge in [-0.15, -0.1) is 0 Å². The molecule has 1 saturated carbocycles. The van der Waals surface area contributed by atoms with E-state index in [1.807, 2.05) is 0 Å². The maximum absolute atomic E-state index is 14.8. The summed E-state index contributed by atoms with van der Waals surface area (Å²) >= 11 is 6.06. The molecule has 0 bridgehead atoms. The van der Waals surface area contributed by atoms with Gasteiger partial charge in [0.2, 0.25) is 0 Å².